The van der Waals surface area contributed by atoms with Crippen LogP contribution in [0.15, 0.2) is 34.5 Å². The smallest absolute Gasteiger partial charge is 0.187 e. The molecule has 96 valence electrons. The van der Waals surface area contributed by atoms with Crippen LogP contribution in [0.5, 0.6) is 0 Å². The van der Waals surface area contributed by atoms with Gasteiger partial charge in [0, 0.05) is 5.38 Å². The van der Waals surface area contributed by atoms with Gasteiger partial charge >= 0.3 is 0 Å². The lowest BCUT2D eigenvalue weighted by molar-refractivity contribution is 0.569. The summed E-state index contributed by atoms with van der Waals surface area (Å²) in [6.07, 6.45) is 3.07. The Hall–Kier alpha value is -1.92. The molecule has 0 bridgehead atoms. The molecule has 19 heavy (non-hydrogen) atoms. The molecule has 0 amide bonds. The standard InChI is InChI=1S/C12H9ClN4OS/c1-7-11(18-6-15-7)9-5-19-12(17-9)16-8-2-3-10(13)14-4-8/h2-6H,1H3,(H,16,17). The zero-order chi connectivity index (χ0) is 13.2. The monoisotopic (exact) mass is 292 g/mol. The Morgan fingerprint density at radius 2 is 2.21 bits per heavy atom. The molecule has 0 saturated heterocycles. The minimum atomic E-state index is 0.461. The predicted molar refractivity (Wildman–Crippen MR) is 74.9 cm³/mol. The molecule has 3 aromatic rings. The summed E-state index contributed by atoms with van der Waals surface area (Å²) in [6.45, 7) is 1.88. The molecule has 0 saturated carbocycles. The Balaban J connectivity index is 1.82. The van der Waals surface area contributed by atoms with Gasteiger partial charge in [-0.05, 0) is 19.1 Å². The summed E-state index contributed by atoms with van der Waals surface area (Å²) in [4.78, 5) is 12.5. The van der Waals surface area contributed by atoms with E-state index in [0.29, 0.717) is 10.9 Å². The maximum atomic E-state index is 5.73. The van der Waals surface area contributed by atoms with E-state index in [1.54, 1.807) is 12.3 Å². The van der Waals surface area contributed by atoms with Crippen LogP contribution in [-0.2, 0) is 0 Å². The van der Waals surface area contributed by atoms with Gasteiger partial charge in [0.25, 0.3) is 0 Å². The van der Waals surface area contributed by atoms with Crippen molar-refractivity contribution in [3.05, 3.63) is 41.0 Å². The third-order valence-corrected chi connectivity index (χ3v) is 3.44. The van der Waals surface area contributed by atoms with Crippen molar-refractivity contribution in [2.75, 3.05) is 5.32 Å². The summed E-state index contributed by atoms with van der Waals surface area (Å²) in [6, 6.07) is 3.56. The minimum absolute atomic E-state index is 0.461. The Bertz CT molecular complexity index is 692. The highest BCUT2D eigenvalue weighted by Crippen LogP contribution is 2.28. The first-order valence-electron chi connectivity index (χ1n) is 5.47. The normalized spacial score (nSPS) is 10.6. The first-order valence-corrected chi connectivity index (χ1v) is 6.73. The van der Waals surface area contributed by atoms with Gasteiger partial charge in [-0.1, -0.05) is 11.6 Å². The van der Waals surface area contributed by atoms with Gasteiger partial charge < -0.3 is 9.73 Å². The topological polar surface area (TPSA) is 63.8 Å². The Morgan fingerprint density at radius 1 is 1.32 bits per heavy atom. The number of aromatic nitrogens is 3. The van der Waals surface area contributed by atoms with E-state index in [2.05, 4.69) is 20.3 Å². The molecule has 0 aromatic carbocycles. The number of anilines is 2. The average molecular weight is 293 g/mol. The Labute approximate surface area is 118 Å². The van der Waals surface area contributed by atoms with Crippen LogP contribution in [0.2, 0.25) is 5.15 Å². The van der Waals surface area contributed by atoms with Crippen LogP contribution in [0.25, 0.3) is 11.5 Å². The largest absolute Gasteiger partial charge is 0.442 e. The zero-order valence-corrected chi connectivity index (χ0v) is 11.5. The van der Waals surface area contributed by atoms with Crippen molar-refractivity contribution in [3.8, 4) is 11.5 Å². The van der Waals surface area contributed by atoms with Crippen molar-refractivity contribution in [3.63, 3.8) is 0 Å². The number of thiazole rings is 1. The van der Waals surface area contributed by atoms with Crippen molar-refractivity contribution in [2.24, 2.45) is 0 Å². The maximum Gasteiger partial charge on any atom is 0.187 e. The van der Waals surface area contributed by atoms with E-state index in [9.17, 15) is 0 Å². The number of nitrogens with one attached hydrogen (secondary N) is 1. The molecule has 0 aliphatic heterocycles. The highest BCUT2D eigenvalue weighted by molar-refractivity contribution is 7.14. The molecule has 7 heteroatoms. The van der Waals surface area contributed by atoms with E-state index >= 15 is 0 Å². The quantitative estimate of drug-likeness (QED) is 0.742. The second kappa shape index (κ2) is 4.99. The third-order valence-electron chi connectivity index (χ3n) is 2.46. The number of hydrogen-bond donors (Lipinski definition) is 1. The molecule has 0 spiro atoms. The molecule has 0 radical (unpaired) electrons. The Kier molecular flexibility index (Phi) is 3.18. The van der Waals surface area contributed by atoms with Crippen molar-refractivity contribution >= 4 is 33.8 Å². The van der Waals surface area contributed by atoms with Crippen LogP contribution >= 0.6 is 22.9 Å². The summed E-state index contributed by atoms with van der Waals surface area (Å²) in [5.41, 5.74) is 2.43. The summed E-state index contributed by atoms with van der Waals surface area (Å²) in [5, 5.41) is 6.29. The minimum Gasteiger partial charge on any atom is -0.442 e. The summed E-state index contributed by atoms with van der Waals surface area (Å²) in [5.74, 6) is 0.693. The molecular weight excluding hydrogens is 284 g/mol. The van der Waals surface area contributed by atoms with Gasteiger partial charge in [-0.2, -0.15) is 0 Å². The van der Waals surface area contributed by atoms with Crippen LogP contribution in [0, 0.1) is 6.92 Å². The SMILES string of the molecule is Cc1ncoc1-c1csc(Nc2ccc(Cl)nc2)n1. The number of oxazole rings is 1. The first kappa shape index (κ1) is 12.1. The second-order valence-corrected chi connectivity index (χ2v) is 5.04. The van der Waals surface area contributed by atoms with Crippen LogP contribution in [0.4, 0.5) is 10.8 Å². The zero-order valence-electron chi connectivity index (χ0n) is 9.92. The lowest BCUT2D eigenvalue weighted by Crippen LogP contribution is -1.90. The molecule has 0 fully saturated rings. The fraction of sp³-hybridized carbons (Fsp3) is 0.0833. The molecule has 3 heterocycles. The van der Waals surface area contributed by atoms with E-state index in [-0.39, 0.29) is 0 Å². The highest BCUT2D eigenvalue weighted by Gasteiger charge is 2.11. The molecule has 3 rings (SSSR count). The van der Waals surface area contributed by atoms with Crippen molar-refractivity contribution in [1.82, 2.24) is 15.0 Å². The second-order valence-electron chi connectivity index (χ2n) is 3.80. The third kappa shape index (κ3) is 2.59. The molecule has 5 nitrogen and oxygen atoms in total. The maximum absolute atomic E-state index is 5.73. The Morgan fingerprint density at radius 3 is 2.89 bits per heavy atom. The molecule has 0 atom stereocenters. The molecule has 0 aliphatic carbocycles. The van der Waals surface area contributed by atoms with Crippen LogP contribution in [0.1, 0.15) is 5.69 Å². The van der Waals surface area contributed by atoms with E-state index in [0.717, 1.165) is 22.2 Å². The number of halogens is 1. The van der Waals surface area contributed by atoms with E-state index in [4.69, 9.17) is 16.0 Å². The molecule has 3 aromatic heterocycles. The van der Waals surface area contributed by atoms with Gasteiger partial charge in [0.1, 0.15) is 10.8 Å². The van der Waals surface area contributed by atoms with Crippen molar-refractivity contribution < 1.29 is 4.42 Å². The van der Waals surface area contributed by atoms with E-state index in [1.165, 1.54) is 17.7 Å². The number of rotatable bonds is 3. The van der Waals surface area contributed by atoms with E-state index in [1.807, 2.05) is 18.4 Å². The fourth-order valence-electron chi connectivity index (χ4n) is 1.56. The molecular formula is C12H9ClN4OS. The van der Waals surface area contributed by atoms with Crippen LogP contribution in [-0.4, -0.2) is 15.0 Å². The van der Waals surface area contributed by atoms with Gasteiger partial charge in [-0.25, -0.2) is 15.0 Å². The summed E-state index contributed by atoms with van der Waals surface area (Å²) in [7, 11) is 0. The fourth-order valence-corrected chi connectivity index (χ4v) is 2.38. The number of pyridine rings is 1. The first-order chi connectivity index (χ1) is 9.22. The highest BCUT2D eigenvalue weighted by atomic mass is 35.5. The molecule has 1 N–H and O–H groups in total. The predicted octanol–water partition coefficient (Wildman–Crippen LogP) is 3.90. The summed E-state index contributed by atoms with van der Waals surface area (Å²) < 4.78 is 5.31. The van der Waals surface area contributed by atoms with E-state index < -0.39 is 0 Å². The van der Waals surface area contributed by atoms with Crippen LogP contribution in [0.3, 0.4) is 0 Å². The van der Waals surface area contributed by atoms with Crippen molar-refractivity contribution in [2.45, 2.75) is 6.92 Å². The van der Waals surface area contributed by atoms with Crippen molar-refractivity contribution in [1.29, 1.82) is 0 Å². The lowest BCUT2D eigenvalue weighted by Gasteiger charge is -2.00. The average Bonchev–Trinajstić information content (AvgIpc) is 3.01. The van der Waals surface area contributed by atoms with Gasteiger partial charge in [-0.3, -0.25) is 0 Å². The van der Waals surface area contributed by atoms with Gasteiger partial charge in [0.05, 0.1) is 17.6 Å². The van der Waals surface area contributed by atoms with Gasteiger partial charge in [-0.15, -0.1) is 11.3 Å². The lowest BCUT2D eigenvalue weighted by atomic mass is 10.3. The number of aryl methyl sites for hydroxylation is 1. The molecule has 0 unspecified atom stereocenters. The van der Waals surface area contributed by atoms with Gasteiger partial charge in [0.2, 0.25) is 0 Å². The molecule has 0 aliphatic rings. The number of hydrogen-bond acceptors (Lipinski definition) is 6. The summed E-state index contributed by atoms with van der Waals surface area (Å²) >= 11 is 7.22. The number of nitrogens with zero attached hydrogens (tertiary/aromatic N) is 3. The van der Waals surface area contributed by atoms with Crippen LogP contribution < -0.4 is 5.32 Å². The van der Waals surface area contributed by atoms with Gasteiger partial charge in [0.15, 0.2) is 17.3 Å².